The molecule has 3 rings (SSSR count). The number of ether oxygens (including phenoxy) is 1. The molecule has 0 atom stereocenters. The second kappa shape index (κ2) is 4.28. The first-order valence-corrected chi connectivity index (χ1v) is 5.94. The van der Waals surface area contributed by atoms with Crippen molar-refractivity contribution in [1.82, 2.24) is 14.5 Å². The lowest BCUT2D eigenvalue weighted by atomic mass is 10.3. The molecule has 0 fully saturated rings. The van der Waals surface area contributed by atoms with Crippen molar-refractivity contribution in [2.75, 3.05) is 12.8 Å². The summed E-state index contributed by atoms with van der Waals surface area (Å²) in [6, 6.07) is 9.60. The Balaban J connectivity index is 2.20. The van der Waals surface area contributed by atoms with Gasteiger partial charge in [0.15, 0.2) is 5.65 Å². The number of benzene rings is 1. The number of aromatic nitrogens is 3. The fourth-order valence-electron chi connectivity index (χ4n) is 2.07. The van der Waals surface area contributed by atoms with E-state index in [0.29, 0.717) is 5.95 Å². The van der Waals surface area contributed by atoms with Crippen molar-refractivity contribution < 1.29 is 4.74 Å². The summed E-state index contributed by atoms with van der Waals surface area (Å²) in [5, 5.41) is 0. The number of nitrogen functional groups attached to an aromatic ring is 1. The number of nitrogens with two attached hydrogens (primary N) is 1. The number of hydrogen-bond acceptors (Lipinski definition) is 4. The number of fused-ring (bicyclic) bond motifs is 1. The molecule has 2 aromatic heterocycles. The first-order valence-electron chi connectivity index (χ1n) is 5.94. The minimum Gasteiger partial charge on any atom is -0.497 e. The van der Waals surface area contributed by atoms with Crippen LogP contribution in [0.3, 0.4) is 0 Å². The molecule has 5 nitrogen and oxygen atoms in total. The third-order valence-electron chi connectivity index (χ3n) is 2.99. The number of imidazole rings is 1. The molecule has 0 radical (unpaired) electrons. The van der Waals surface area contributed by atoms with Crippen molar-refractivity contribution in [1.29, 1.82) is 0 Å². The van der Waals surface area contributed by atoms with E-state index in [9.17, 15) is 0 Å². The minimum absolute atomic E-state index is 0.429. The lowest BCUT2D eigenvalue weighted by Gasteiger charge is -2.06. The minimum atomic E-state index is 0.429. The zero-order chi connectivity index (χ0) is 13.4. The Morgan fingerprint density at radius 1 is 1.21 bits per heavy atom. The van der Waals surface area contributed by atoms with Crippen LogP contribution in [0.1, 0.15) is 5.56 Å². The van der Waals surface area contributed by atoms with Crippen molar-refractivity contribution >= 4 is 17.1 Å². The van der Waals surface area contributed by atoms with Gasteiger partial charge in [-0.15, -0.1) is 0 Å². The summed E-state index contributed by atoms with van der Waals surface area (Å²) >= 11 is 0. The lowest BCUT2D eigenvalue weighted by Crippen LogP contribution is -2.01. The fourth-order valence-corrected chi connectivity index (χ4v) is 2.07. The Hall–Kier alpha value is -2.56. The van der Waals surface area contributed by atoms with E-state index in [-0.39, 0.29) is 0 Å². The summed E-state index contributed by atoms with van der Waals surface area (Å²) in [6.45, 7) is 1.98. The monoisotopic (exact) mass is 254 g/mol. The third kappa shape index (κ3) is 1.89. The van der Waals surface area contributed by atoms with Gasteiger partial charge in [-0.2, -0.15) is 0 Å². The summed E-state index contributed by atoms with van der Waals surface area (Å²) in [5.74, 6) is 1.23. The molecule has 0 saturated heterocycles. The van der Waals surface area contributed by atoms with E-state index in [1.165, 1.54) is 0 Å². The Morgan fingerprint density at radius 3 is 2.63 bits per heavy atom. The van der Waals surface area contributed by atoms with Crippen molar-refractivity contribution in [3.05, 3.63) is 42.1 Å². The molecule has 5 heteroatoms. The van der Waals surface area contributed by atoms with E-state index in [4.69, 9.17) is 10.5 Å². The van der Waals surface area contributed by atoms with Crippen LogP contribution in [0.4, 0.5) is 5.95 Å². The molecule has 0 aliphatic carbocycles. The molecule has 3 aromatic rings. The van der Waals surface area contributed by atoms with Crippen LogP contribution in [0.5, 0.6) is 5.75 Å². The van der Waals surface area contributed by atoms with Crippen LogP contribution in [0.25, 0.3) is 16.9 Å². The maximum absolute atomic E-state index is 5.99. The van der Waals surface area contributed by atoms with Crippen molar-refractivity contribution in [2.24, 2.45) is 0 Å². The Labute approximate surface area is 110 Å². The van der Waals surface area contributed by atoms with Gasteiger partial charge in [-0.25, -0.2) is 9.97 Å². The Kier molecular flexibility index (Phi) is 2.59. The standard InChI is InChI=1S/C14H14N4O/c1-9-7-12-13(16-8-9)18(14(15)17-12)10-3-5-11(19-2)6-4-10/h3-8H,1-2H3,(H2,15,17). The van der Waals surface area contributed by atoms with Gasteiger partial charge in [0.25, 0.3) is 0 Å². The molecule has 0 aliphatic heterocycles. The Bertz CT molecular complexity index is 731. The number of nitrogens with zero attached hydrogens (tertiary/aromatic N) is 3. The number of pyridine rings is 1. The predicted octanol–water partition coefficient (Wildman–Crippen LogP) is 2.32. The van der Waals surface area contributed by atoms with Crippen molar-refractivity contribution in [3.63, 3.8) is 0 Å². The predicted molar refractivity (Wildman–Crippen MR) is 74.6 cm³/mol. The molecule has 1 aromatic carbocycles. The van der Waals surface area contributed by atoms with Gasteiger partial charge in [-0.05, 0) is 42.8 Å². The molecule has 0 amide bonds. The highest BCUT2D eigenvalue weighted by Crippen LogP contribution is 2.23. The molecule has 19 heavy (non-hydrogen) atoms. The van der Waals surface area contributed by atoms with Gasteiger partial charge in [-0.1, -0.05) is 0 Å². The lowest BCUT2D eigenvalue weighted by molar-refractivity contribution is 0.415. The summed E-state index contributed by atoms with van der Waals surface area (Å²) < 4.78 is 6.98. The second-order valence-corrected chi connectivity index (χ2v) is 4.36. The van der Waals surface area contributed by atoms with Gasteiger partial charge in [0.1, 0.15) is 11.3 Å². The smallest absolute Gasteiger partial charge is 0.207 e. The van der Waals surface area contributed by atoms with E-state index >= 15 is 0 Å². The number of rotatable bonds is 2. The second-order valence-electron chi connectivity index (χ2n) is 4.36. The normalized spacial score (nSPS) is 10.8. The maximum Gasteiger partial charge on any atom is 0.207 e. The molecular formula is C14H14N4O. The highest BCUT2D eigenvalue weighted by atomic mass is 16.5. The molecule has 0 aliphatic rings. The number of aryl methyl sites for hydroxylation is 1. The van der Waals surface area contributed by atoms with Crippen LogP contribution in [-0.4, -0.2) is 21.6 Å². The SMILES string of the molecule is COc1ccc(-n2c(N)nc3cc(C)cnc32)cc1. The van der Waals surface area contributed by atoms with Gasteiger partial charge in [0.2, 0.25) is 5.95 Å². The molecule has 2 heterocycles. The fraction of sp³-hybridized carbons (Fsp3) is 0.143. The highest BCUT2D eigenvalue weighted by Gasteiger charge is 2.11. The molecular weight excluding hydrogens is 240 g/mol. The van der Waals surface area contributed by atoms with Gasteiger partial charge >= 0.3 is 0 Å². The van der Waals surface area contributed by atoms with E-state index < -0.39 is 0 Å². The first-order chi connectivity index (χ1) is 9.19. The summed E-state index contributed by atoms with van der Waals surface area (Å²) in [7, 11) is 1.64. The van der Waals surface area contributed by atoms with E-state index in [1.807, 2.05) is 48.0 Å². The number of anilines is 1. The maximum atomic E-state index is 5.99. The van der Waals surface area contributed by atoms with Gasteiger partial charge in [0.05, 0.1) is 12.8 Å². The van der Waals surface area contributed by atoms with Crippen LogP contribution in [0.2, 0.25) is 0 Å². The average Bonchev–Trinajstić information content (AvgIpc) is 2.74. The van der Waals surface area contributed by atoms with Crippen LogP contribution in [-0.2, 0) is 0 Å². The molecule has 0 spiro atoms. The quantitative estimate of drug-likeness (QED) is 0.762. The average molecular weight is 254 g/mol. The summed E-state index contributed by atoms with van der Waals surface area (Å²) in [5.41, 5.74) is 9.52. The van der Waals surface area contributed by atoms with E-state index in [0.717, 1.165) is 28.2 Å². The molecule has 0 unspecified atom stereocenters. The third-order valence-corrected chi connectivity index (χ3v) is 2.99. The molecule has 0 saturated carbocycles. The largest absolute Gasteiger partial charge is 0.497 e. The zero-order valence-electron chi connectivity index (χ0n) is 10.8. The summed E-state index contributed by atoms with van der Waals surface area (Å²) in [6.07, 6.45) is 1.81. The van der Waals surface area contributed by atoms with Crippen molar-refractivity contribution in [3.8, 4) is 11.4 Å². The first kappa shape index (κ1) is 11.5. The molecule has 96 valence electrons. The van der Waals surface area contributed by atoms with Gasteiger partial charge in [0, 0.05) is 6.20 Å². The van der Waals surface area contributed by atoms with E-state index in [1.54, 1.807) is 7.11 Å². The van der Waals surface area contributed by atoms with Crippen LogP contribution in [0.15, 0.2) is 36.5 Å². The number of methoxy groups -OCH3 is 1. The van der Waals surface area contributed by atoms with Crippen molar-refractivity contribution in [2.45, 2.75) is 6.92 Å². The van der Waals surface area contributed by atoms with Gasteiger partial charge < -0.3 is 10.5 Å². The topological polar surface area (TPSA) is 66.0 Å². The summed E-state index contributed by atoms with van der Waals surface area (Å²) in [4.78, 5) is 8.75. The van der Waals surface area contributed by atoms with Crippen LogP contribution < -0.4 is 10.5 Å². The molecule has 0 bridgehead atoms. The Morgan fingerprint density at radius 2 is 1.95 bits per heavy atom. The molecule has 2 N–H and O–H groups in total. The van der Waals surface area contributed by atoms with Crippen LogP contribution >= 0.6 is 0 Å². The zero-order valence-corrected chi connectivity index (χ0v) is 10.8. The van der Waals surface area contributed by atoms with E-state index in [2.05, 4.69) is 9.97 Å². The number of hydrogen-bond donors (Lipinski definition) is 1. The van der Waals surface area contributed by atoms with Crippen LogP contribution in [0, 0.1) is 6.92 Å². The highest BCUT2D eigenvalue weighted by molar-refractivity contribution is 5.77. The van der Waals surface area contributed by atoms with Gasteiger partial charge in [-0.3, -0.25) is 4.57 Å².